The molecule has 0 saturated heterocycles. The molecule has 0 saturated carbocycles. The minimum absolute atomic E-state index is 0.975. The second-order valence-electron chi connectivity index (χ2n) is 4.87. The zero-order chi connectivity index (χ0) is 13.5. The fourth-order valence-corrected chi connectivity index (χ4v) is 2.65. The normalized spacial score (nSPS) is 11.2. The Hall–Kier alpha value is -2.68. The fraction of sp³-hybridized carbons (Fsp3) is 0.0588. The molecule has 2 aromatic carbocycles. The molecule has 3 heteroatoms. The van der Waals surface area contributed by atoms with Crippen LogP contribution >= 0.6 is 0 Å². The molecule has 0 aliphatic carbocycles. The van der Waals surface area contributed by atoms with E-state index < -0.39 is 0 Å². The lowest BCUT2D eigenvalue weighted by Crippen LogP contribution is -1.97. The Morgan fingerprint density at radius 2 is 1.65 bits per heavy atom. The van der Waals surface area contributed by atoms with E-state index in [2.05, 4.69) is 32.7 Å². The number of pyridine rings is 1. The SMILES string of the molecule is Cc1nc2ccccc2n1-c1cnc2ccccc2c1. The highest BCUT2D eigenvalue weighted by Crippen LogP contribution is 2.22. The lowest BCUT2D eigenvalue weighted by Gasteiger charge is -2.07. The number of rotatable bonds is 1. The van der Waals surface area contributed by atoms with Crippen LogP contribution in [0.3, 0.4) is 0 Å². The van der Waals surface area contributed by atoms with Crippen molar-refractivity contribution in [3.63, 3.8) is 0 Å². The third-order valence-corrected chi connectivity index (χ3v) is 3.56. The van der Waals surface area contributed by atoms with Crippen LogP contribution in [0.4, 0.5) is 0 Å². The van der Waals surface area contributed by atoms with Gasteiger partial charge in [-0.25, -0.2) is 4.98 Å². The first kappa shape index (κ1) is 11.2. The molecule has 3 nitrogen and oxygen atoms in total. The van der Waals surface area contributed by atoms with Gasteiger partial charge in [-0.3, -0.25) is 9.55 Å². The van der Waals surface area contributed by atoms with E-state index in [0.717, 1.165) is 33.4 Å². The molecule has 4 rings (SSSR count). The quantitative estimate of drug-likeness (QED) is 0.519. The van der Waals surface area contributed by atoms with E-state index in [9.17, 15) is 0 Å². The van der Waals surface area contributed by atoms with Crippen LogP contribution in [0.1, 0.15) is 5.82 Å². The Bertz CT molecular complexity index is 922. The third-order valence-electron chi connectivity index (χ3n) is 3.56. The van der Waals surface area contributed by atoms with Crippen molar-refractivity contribution in [1.29, 1.82) is 0 Å². The molecule has 0 spiro atoms. The van der Waals surface area contributed by atoms with E-state index in [1.807, 2.05) is 49.5 Å². The maximum absolute atomic E-state index is 4.60. The number of para-hydroxylation sites is 3. The molecule has 0 unspecified atom stereocenters. The predicted molar refractivity (Wildman–Crippen MR) is 81.1 cm³/mol. The maximum atomic E-state index is 4.60. The van der Waals surface area contributed by atoms with Gasteiger partial charge in [-0.1, -0.05) is 30.3 Å². The first-order valence-corrected chi connectivity index (χ1v) is 6.62. The standard InChI is InChI=1S/C17H13N3/c1-12-19-16-8-4-5-9-17(16)20(12)14-10-13-6-2-3-7-15(13)18-11-14/h2-11H,1H3. The molecule has 0 aliphatic heterocycles. The molecule has 0 amide bonds. The van der Waals surface area contributed by atoms with E-state index in [1.165, 1.54) is 0 Å². The summed E-state index contributed by atoms with van der Waals surface area (Å²) < 4.78 is 2.15. The molecule has 2 aromatic heterocycles. The second kappa shape index (κ2) is 4.17. The number of nitrogens with zero attached hydrogens (tertiary/aromatic N) is 3. The van der Waals surface area contributed by atoms with Gasteiger partial charge in [0.05, 0.1) is 28.4 Å². The summed E-state index contributed by atoms with van der Waals surface area (Å²) in [5.74, 6) is 0.975. The molecule has 0 radical (unpaired) electrons. The third kappa shape index (κ3) is 1.60. The first-order chi connectivity index (χ1) is 9.83. The summed E-state index contributed by atoms with van der Waals surface area (Å²) in [7, 11) is 0. The average molecular weight is 259 g/mol. The van der Waals surface area contributed by atoms with Crippen LogP contribution in [0.25, 0.3) is 27.6 Å². The molecule has 0 aliphatic rings. The van der Waals surface area contributed by atoms with Gasteiger partial charge >= 0.3 is 0 Å². The van der Waals surface area contributed by atoms with Gasteiger partial charge in [0.2, 0.25) is 0 Å². The molecular formula is C17H13N3. The molecule has 20 heavy (non-hydrogen) atoms. The summed E-state index contributed by atoms with van der Waals surface area (Å²) in [6.07, 6.45) is 1.91. The topological polar surface area (TPSA) is 30.7 Å². The maximum Gasteiger partial charge on any atom is 0.111 e. The molecule has 0 fully saturated rings. The van der Waals surface area contributed by atoms with Gasteiger partial charge in [0, 0.05) is 5.39 Å². The highest BCUT2D eigenvalue weighted by atomic mass is 15.1. The van der Waals surface area contributed by atoms with E-state index in [4.69, 9.17) is 0 Å². The van der Waals surface area contributed by atoms with Crippen molar-refractivity contribution < 1.29 is 0 Å². The van der Waals surface area contributed by atoms with E-state index >= 15 is 0 Å². The van der Waals surface area contributed by atoms with Gasteiger partial charge in [0.25, 0.3) is 0 Å². The van der Waals surface area contributed by atoms with E-state index in [-0.39, 0.29) is 0 Å². The number of fused-ring (bicyclic) bond motifs is 2. The molecule has 0 N–H and O–H groups in total. The largest absolute Gasteiger partial charge is 0.295 e. The zero-order valence-electron chi connectivity index (χ0n) is 11.1. The lowest BCUT2D eigenvalue weighted by molar-refractivity contribution is 0.995. The molecule has 0 atom stereocenters. The highest BCUT2D eigenvalue weighted by molar-refractivity contribution is 5.82. The Morgan fingerprint density at radius 1 is 0.900 bits per heavy atom. The minimum atomic E-state index is 0.975. The predicted octanol–water partition coefficient (Wildman–Crippen LogP) is 3.88. The van der Waals surface area contributed by atoms with E-state index in [1.54, 1.807) is 0 Å². The monoisotopic (exact) mass is 259 g/mol. The Kier molecular flexibility index (Phi) is 2.33. The van der Waals surface area contributed by atoms with Gasteiger partial charge in [-0.2, -0.15) is 0 Å². The average Bonchev–Trinajstić information content (AvgIpc) is 2.82. The van der Waals surface area contributed by atoms with E-state index in [0.29, 0.717) is 0 Å². The summed E-state index contributed by atoms with van der Waals surface area (Å²) in [6.45, 7) is 2.02. The fourth-order valence-electron chi connectivity index (χ4n) is 2.65. The summed E-state index contributed by atoms with van der Waals surface area (Å²) in [5, 5.41) is 1.14. The van der Waals surface area contributed by atoms with Crippen molar-refractivity contribution in [1.82, 2.24) is 14.5 Å². The zero-order valence-corrected chi connectivity index (χ0v) is 11.1. The van der Waals surface area contributed by atoms with Gasteiger partial charge in [0.1, 0.15) is 5.82 Å². The van der Waals surface area contributed by atoms with Crippen LogP contribution in [0, 0.1) is 6.92 Å². The number of aryl methyl sites for hydroxylation is 1. The molecule has 4 aromatic rings. The number of hydrogen-bond donors (Lipinski definition) is 0. The number of hydrogen-bond acceptors (Lipinski definition) is 2. The highest BCUT2D eigenvalue weighted by Gasteiger charge is 2.09. The van der Waals surface area contributed by atoms with Crippen LogP contribution in [-0.2, 0) is 0 Å². The van der Waals surface area contributed by atoms with Crippen molar-refractivity contribution in [3.05, 3.63) is 66.6 Å². The second-order valence-corrected chi connectivity index (χ2v) is 4.87. The molecule has 96 valence electrons. The first-order valence-electron chi connectivity index (χ1n) is 6.62. The number of aromatic nitrogens is 3. The van der Waals surface area contributed by atoms with Crippen molar-refractivity contribution in [3.8, 4) is 5.69 Å². The number of benzene rings is 2. The van der Waals surface area contributed by atoms with Crippen LogP contribution in [0.2, 0.25) is 0 Å². The summed E-state index contributed by atoms with van der Waals surface area (Å²) in [6, 6.07) is 18.5. The Balaban J connectivity index is 2.03. The van der Waals surface area contributed by atoms with Crippen LogP contribution in [-0.4, -0.2) is 14.5 Å². The van der Waals surface area contributed by atoms with Gasteiger partial charge < -0.3 is 0 Å². The van der Waals surface area contributed by atoms with Crippen molar-refractivity contribution in [2.24, 2.45) is 0 Å². The Morgan fingerprint density at radius 3 is 2.55 bits per heavy atom. The van der Waals surface area contributed by atoms with Gasteiger partial charge in [-0.05, 0) is 31.2 Å². The Labute approximate surface area is 116 Å². The van der Waals surface area contributed by atoms with Crippen LogP contribution in [0.5, 0.6) is 0 Å². The van der Waals surface area contributed by atoms with Crippen LogP contribution < -0.4 is 0 Å². The van der Waals surface area contributed by atoms with Crippen molar-refractivity contribution in [2.45, 2.75) is 6.92 Å². The molecule has 0 bridgehead atoms. The molecule has 2 heterocycles. The summed E-state index contributed by atoms with van der Waals surface area (Å²) >= 11 is 0. The van der Waals surface area contributed by atoms with Gasteiger partial charge in [0.15, 0.2) is 0 Å². The lowest BCUT2D eigenvalue weighted by atomic mass is 10.2. The van der Waals surface area contributed by atoms with Crippen molar-refractivity contribution in [2.75, 3.05) is 0 Å². The molecular weight excluding hydrogens is 246 g/mol. The van der Waals surface area contributed by atoms with Crippen molar-refractivity contribution >= 4 is 21.9 Å². The smallest absolute Gasteiger partial charge is 0.111 e. The summed E-state index contributed by atoms with van der Waals surface area (Å²) in [4.78, 5) is 9.14. The van der Waals surface area contributed by atoms with Crippen LogP contribution in [0.15, 0.2) is 60.8 Å². The number of imidazole rings is 1. The van der Waals surface area contributed by atoms with Gasteiger partial charge in [-0.15, -0.1) is 0 Å². The summed E-state index contributed by atoms with van der Waals surface area (Å²) in [5.41, 5.74) is 4.19. The minimum Gasteiger partial charge on any atom is -0.295 e.